The second-order valence-electron chi connectivity index (χ2n) is 26.6. The minimum Gasteiger partial charge on any atom is -0.469 e. The number of aliphatic hydroxyl groups is 2. The molecule has 8 aliphatic rings. The van der Waals surface area contributed by atoms with E-state index in [4.69, 9.17) is 18.9 Å². The summed E-state index contributed by atoms with van der Waals surface area (Å²) < 4.78 is 22.5. The fraction of sp³-hybridized carbons (Fsp3) is 0.774. The first-order valence-electron chi connectivity index (χ1n) is 29.2. The quantitative estimate of drug-likeness (QED) is 0.144. The standard InChI is InChI=1S/C62H88N2O10/c1-35(9-19-55(67)71-7)45-15-17-47-43-13-11-39-31-41(21-25-59(39,3)49(43)33-53(65)61(45,47)5)73-57(69)37-23-27-63-51(29-37)52-30-38(24-28-64-52)58(70)74-42-22-26-60(4)40(32-42)12-14-44-48-18-16-46(36(2)10-20-56(68)72-8)62(48,6)54(66)34-50(44)60/h23-24,27-30,35-36,39-50,53-54,65-66H,9-22,25-26,31-34H2,1-8H3/t35-,36-,39-,40-,41-,42-,43+,44+,45-,46-,47+,48+,49+,50+,53+,54+,59+,60+,61-,62-/m1/s1. The van der Waals surface area contributed by atoms with E-state index in [-0.39, 0.29) is 70.0 Å². The molecule has 0 bridgehead atoms. The Morgan fingerprint density at radius 2 is 0.973 bits per heavy atom. The van der Waals surface area contributed by atoms with E-state index in [0.29, 0.717) is 106 Å². The smallest absolute Gasteiger partial charge is 0.338 e. The molecular formula is C62H88N2O10. The van der Waals surface area contributed by atoms with Crippen LogP contribution in [-0.4, -0.2) is 82.7 Å². The van der Waals surface area contributed by atoms with Crippen molar-refractivity contribution in [2.45, 2.75) is 194 Å². The van der Waals surface area contributed by atoms with E-state index >= 15 is 0 Å². The number of rotatable bonds is 13. The third-order valence-electron chi connectivity index (χ3n) is 23.8. The average Bonchev–Trinajstić information content (AvgIpc) is 3.97. The average molecular weight is 1020 g/mol. The summed E-state index contributed by atoms with van der Waals surface area (Å²) >= 11 is 0. The maximum absolute atomic E-state index is 13.9. The summed E-state index contributed by atoms with van der Waals surface area (Å²) in [6.45, 7) is 14.1. The van der Waals surface area contributed by atoms with Gasteiger partial charge in [0.25, 0.3) is 0 Å². The summed E-state index contributed by atoms with van der Waals surface area (Å²) in [7, 11) is 2.91. The summed E-state index contributed by atoms with van der Waals surface area (Å²) in [5.74, 6) is 4.24. The zero-order chi connectivity index (χ0) is 52.5. The highest BCUT2D eigenvalue weighted by Crippen LogP contribution is 2.70. The summed E-state index contributed by atoms with van der Waals surface area (Å²) in [5.41, 5.74) is 1.66. The summed E-state index contributed by atoms with van der Waals surface area (Å²) in [6.07, 6.45) is 20.4. The summed E-state index contributed by atoms with van der Waals surface area (Å²) in [4.78, 5) is 60.9. The molecule has 0 radical (unpaired) electrons. The second kappa shape index (κ2) is 20.8. The highest BCUT2D eigenvalue weighted by atomic mass is 16.5. The number of nitrogens with zero attached hydrogens (tertiary/aromatic N) is 2. The second-order valence-corrected chi connectivity index (χ2v) is 26.6. The van der Waals surface area contributed by atoms with Crippen LogP contribution in [0, 0.1) is 92.7 Å². The van der Waals surface area contributed by atoms with Gasteiger partial charge in [-0.2, -0.15) is 0 Å². The zero-order valence-corrected chi connectivity index (χ0v) is 45.9. The topological polar surface area (TPSA) is 171 Å². The largest absolute Gasteiger partial charge is 0.469 e. The van der Waals surface area contributed by atoms with Crippen LogP contribution in [0.4, 0.5) is 0 Å². The number of hydrogen-bond acceptors (Lipinski definition) is 12. The first kappa shape index (κ1) is 53.5. The monoisotopic (exact) mass is 1020 g/mol. The molecule has 2 aromatic heterocycles. The lowest BCUT2D eigenvalue weighted by Crippen LogP contribution is -2.59. The molecule has 2 aromatic rings. The van der Waals surface area contributed by atoms with E-state index in [0.717, 1.165) is 116 Å². The minimum atomic E-state index is -0.377. The molecule has 8 fully saturated rings. The van der Waals surface area contributed by atoms with Crippen molar-refractivity contribution in [3.05, 3.63) is 47.8 Å². The molecule has 10 rings (SSSR count). The Kier molecular flexibility index (Phi) is 15.0. The SMILES string of the molecule is COC(=O)CC[C@@H](C)[C@H]1CC[C@H]2[C@@H]3CC[C@@H]4C[C@H](OC(=O)c5ccnc(-c6cc(C(=O)O[C@@H]7CC[C@@]8(C)[C@H](CC[C@@H]9[C@@H]8C[C@H](O)[C@]8(C)[C@@H]([C@H](C)CCC(=O)OC)CC[C@@H]98)C7)ccn6)c5)CC[C@]4(C)[C@H]3C[C@H](O)[C@]12C. The number of aliphatic hydroxyl groups excluding tert-OH is 2. The molecule has 0 aliphatic heterocycles. The molecule has 0 amide bonds. The van der Waals surface area contributed by atoms with Crippen LogP contribution in [0.2, 0.25) is 0 Å². The van der Waals surface area contributed by atoms with Crippen LogP contribution < -0.4 is 0 Å². The Balaban J connectivity index is 0.729. The lowest BCUT2D eigenvalue weighted by molar-refractivity contribution is -0.175. The normalized spacial score (nSPS) is 41.9. The van der Waals surface area contributed by atoms with E-state index < -0.39 is 0 Å². The number of carbonyl (C=O) groups is 4. The van der Waals surface area contributed by atoms with Gasteiger partial charge < -0.3 is 29.2 Å². The van der Waals surface area contributed by atoms with Crippen LogP contribution in [0.5, 0.6) is 0 Å². The van der Waals surface area contributed by atoms with Gasteiger partial charge >= 0.3 is 23.9 Å². The van der Waals surface area contributed by atoms with Crippen molar-refractivity contribution in [2.75, 3.05) is 14.2 Å². The van der Waals surface area contributed by atoms with Gasteiger partial charge in [-0.1, -0.05) is 41.5 Å². The first-order valence-corrected chi connectivity index (χ1v) is 29.2. The third-order valence-corrected chi connectivity index (χ3v) is 23.8. The van der Waals surface area contributed by atoms with Gasteiger partial charge in [0.1, 0.15) is 12.2 Å². The van der Waals surface area contributed by atoms with Gasteiger partial charge in [0.2, 0.25) is 0 Å². The van der Waals surface area contributed by atoms with Crippen molar-refractivity contribution >= 4 is 23.9 Å². The molecule has 8 saturated carbocycles. The lowest BCUT2D eigenvalue weighted by atomic mass is 9.43. The van der Waals surface area contributed by atoms with Gasteiger partial charge in [0.05, 0.1) is 48.9 Å². The molecule has 2 N–H and O–H groups in total. The molecule has 12 heteroatoms. The first-order chi connectivity index (χ1) is 35.3. The maximum atomic E-state index is 13.9. The van der Waals surface area contributed by atoms with Gasteiger partial charge in [-0.05, 0) is 233 Å². The Bertz CT molecular complexity index is 2250. The van der Waals surface area contributed by atoms with Gasteiger partial charge in [-0.25, -0.2) is 9.59 Å². The van der Waals surface area contributed by atoms with Gasteiger partial charge in [-0.15, -0.1) is 0 Å². The lowest BCUT2D eigenvalue weighted by Gasteiger charge is -2.62. The molecule has 8 aliphatic carbocycles. The number of pyridine rings is 2. The van der Waals surface area contributed by atoms with Gasteiger partial charge in [-0.3, -0.25) is 19.6 Å². The molecule has 0 saturated heterocycles. The summed E-state index contributed by atoms with van der Waals surface area (Å²) in [5, 5.41) is 24.1. The molecule has 12 nitrogen and oxygen atoms in total. The van der Waals surface area contributed by atoms with Crippen molar-refractivity contribution in [3.63, 3.8) is 0 Å². The Morgan fingerprint density at radius 3 is 1.36 bits per heavy atom. The molecule has 0 unspecified atom stereocenters. The molecular weight excluding hydrogens is 933 g/mol. The van der Waals surface area contributed by atoms with E-state index in [9.17, 15) is 29.4 Å². The van der Waals surface area contributed by atoms with Crippen molar-refractivity contribution in [1.82, 2.24) is 9.97 Å². The number of aromatic nitrogens is 2. The van der Waals surface area contributed by atoms with E-state index in [2.05, 4.69) is 51.5 Å². The van der Waals surface area contributed by atoms with Gasteiger partial charge in [0.15, 0.2) is 0 Å². The zero-order valence-electron chi connectivity index (χ0n) is 45.9. The van der Waals surface area contributed by atoms with Gasteiger partial charge in [0, 0.05) is 25.2 Å². The van der Waals surface area contributed by atoms with E-state index in [1.807, 2.05) is 0 Å². The van der Waals surface area contributed by atoms with Crippen molar-refractivity contribution < 1.29 is 48.3 Å². The number of hydrogen-bond donors (Lipinski definition) is 2. The molecule has 0 spiro atoms. The van der Waals surface area contributed by atoms with Crippen LogP contribution in [0.15, 0.2) is 36.7 Å². The van der Waals surface area contributed by atoms with Crippen molar-refractivity contribution in [3.8, 4) is 11.4 Å². The van der Waals surface area contributed by atoms with Crippen molar-refractivity contribution in [1.29, 1.82) is 0 Å². The number of fused-ring (bicyclic) bond motifs is 10. The Hall–Kier alpha value is -3.90. The van der Waals surface area contributed by atoms with Crippen LogP contribution in [-0.2, 0) is 28.5 Å². The van der Waals surface area contributed by atoms with Crippen molar-refractivity contribution in [2.24, 2.45) is 92.7 Å². The molecule has 0 aromatic carbocycles. The molecule has 74 heavy (non-hydrogen) atoms. The summed E-state index contributed by atoms with van der Waals surface area (Å²) in [6, 6.07) is 6.80. The fourth-order valence-corrected chi connectivity index (χ4v) is 19.6. The van der Waals surface area contributed by atoms with Crippen LogP contribution in [0.3, 0.4) is 0 Å². The number of methoxy groups -OCH3 is 2. The molecule has 20 atom stereocenters. The predicted octanol–water partition coefficient (Wildman–Crippen LogP) is 11.6. The van der Waals surface area contributed by atoms with Crippen LogP contribution >= 0.6 is 0 Å². The Labute approximate surface area is 441 Å². The maximum Gasteiger partial charge on any atom is 0.338 e. The minimum absolute atomic E-state index is 0.0827. The highest BCUT2D eigenvalue weighted by molar-refractivity contribution is 5.92. The molecule has 2 heterocycles. The molecule has 406 valence electrons. The van der Waals surface area contributed by atoms with Crippen LogP contribution in [0.25, 0.3) is 11.4 Å². The van der Waals surface area contributed by atoms with Crippen LogP contribution in [0.1, 0.15) is 191 Å². The number of ether oxygens (including phenoxy) is 4. The highest BCUT2D eigenvalue weighted by Gasteiger charge is 2.66. The number of carbonyl (C=O) groups excluding carboxylic acids is 4. The predicted molar refractivity (Wildman–Crippen MR) is 280 cm³/mol. The van der Waals surface area contributed by atoms with E-state index in [1.54, 1.807) is 36.7 Å². The fourth-order valence-electron chi connectivity index (χ4n) is 19.6. The third kappa shape index (κ3) is 9.25. The number of esters is 4. The van der Waals surface area contributed by atoms with E-state index in [1.165, 1.54) is 14.2 Å². The Morgan fingerprint density at radius 1 is 0.568 bits per heavy atom.